The number of carbonyl (C=O) groups is 1. The molecule has 102 valence electrons. The Morgan fingerprint density at radius 2 is 2.26 bits per heavy atom. The summed E-state index contributed by atoms with van der Waals surface area (Å²) < 4.78 is 3.25. The van der Waals surface area contributed by atoms with Gasteiger partial charge in [0, 0.05) is 10.1 Å². The van der Waals surface area contributed by atoms with Crippen molar-refractivity contribution in [3.63, 3.8) is 0 Å². The van der Waals surface area contributed by atoms with Crippen LogP contribution in [0, 0.1) is 9.49 Å². The first-order valence-corrected chi connectivity index (χ1v) is 8.04. The Morgan fingerprint density at radius 3 is 2.89 bits per heavy atom. The van der Waals surface area contributed by atoms with Crippen LogP contribution in [-0.2, 0) is 11.3 Å². The van der Waals surface area contributed by atoms with Crippen molar-refractivity contribution in [3.8, 4) is 0 Å². The normalized spacial score (nSPS) is 11.4. The molecule has 0 saturated heterocycles. The van der Waals surface area contributed by atoms with Crippen LogP contribution in [-0.4, -0.2) is 26.4 Å². The third-order valence-electron chi connectivity index (χ3n) is 2.55. The maximum atomic E-state index is 10.7. The van der Waals surface area contributed by atoms with Gasteiger partial charge in [0.05, 0.1) is 16.8 Å². The van der Waals surface area contributed by atoms with Gasteiger partial charge in [-0.2, -0.15) is 0 Å². The van der Waals surface area contributed by atoms with Crippen molar-refractivity contribution in [1.82, 2.24) is 9.55 Å². The lowest BCUT2D eigenvalue weighted by molar-refractivity contribution is -0.133. The number of fused-ring (bicyclic) bond motifs is 1. The molecule has 2 rings (SSSR count). The zero-order chi connectivity index (χ0) is 14.0. The summed E-state index contributed by atoms with van der Waals surface area (Å²) in [6.45, 7) is 5.13. The molecule has 0 atom stereocenters. The van der Waals surface area contributed by atoms with Gasteiger partial charge in [-0.1, -0.05) is 25.6 Å². The van der Waals surface area contributed by atoms with E-state index in [1.807, 2.05) is 12.1 Å². The smallest absolute Gasteiger partial charge is 0.313 e. The number of hydrogen-bond acceptors (Lipinski definition) is 3. The molecule has 0 aliphatic heterocycles. The van der Waals surface area contributed by atoms with Crippen LogP contribution in [0.25, 0.3) is 11.0 Å². The van der Waals surface area contributed by atoms with Gasteiger partial charge >= 0.3 is 5.97 Å². The summed E-state index contributed by atoms with van der Waals surface area (Å²) in [7, 11) is 0. The topological polar surface area (TPSA) is 55.1 Å². The molecule has 1 heterocycles. The van der Waals surface area contributed by atoms with Crippen molar-refractivity contribution < 1.29 is 9.90 Å². The molecule has 1 aromatic carbocycles. The highest BCUT2D eigenvalue weighted by Gasteiger charge is 2.13. The third-order valence-corrected chi connectivity index (χ3v) is 4.18. The van der Waals surface area contributed by atoms with Crippen LogP contribution in [0.3, 0.4) is 0 Å². The van der Waals surface area contributed by atoms with Crippen molar-refractivity contribution in [1.29, 1.82) is 0 Å². The zero-order valence-electron chi connectivity index (χ0n) is 10.8. The quantitative estimate of drug-likeness (QED) is 0.628. The second kappa shape index (κ2) is 6.13. The number of halogens is 1. The summed E-state index contributed by atoms with van der Waals surface area (Å²) in [5.74, 6) is -0.290. The zero-order valence-corrected chi connectivity index (χ0v) is 13.7. The lowest BCUT2D eigenvalue weighted by Gasteiger charge is -2.10. The number of rotatable bonds is 5. The van der Waals surface area contributed by atoms with E-state index in [1.165, 1.54) is 11.8 Å². The van der Waals surface area contributed by atoms with Gasteiger partial charge < -0.3 is 9.67 Å². The molecule has 0 aliphatic carbocycles. The first kappa shape index (κ1) is 14.6. The van der Waals surface area contributed by atoms with E-state index in [0.29, 0.717) is 5.92 Å². The predicted molar refractivity (Wildman–Crippen MR) is 85.6 cm³/mol. The highest BCUT2D eigenvalue weighted by Crippen LogP contribution is 2.26. The summed E-state index contributed by atoms with van der Waals surface area (Å²) in [4.78, 5) is 15.3. The first-order valence-electron chi connectivity index (χ1n) is 5.97. The molecule has 6 heteroatoms. The Bertz CT molecular complexity index is 610. The fourth-order valence-electron chi connectivity index (χ4n) is 1.86. The van der Waals surface area contributed by atoms with Crippen molar-refractivity contribution in [3.05, 3.63) is 21.8 Å². The lowest BCUT2D eigenvalue weighted by atomic mass is 10.2. The Morgan fingerprint density at radius 1 is 1.53 bits per heavy atom. The average Bonchev–Trinajstić information content (AvgIpc) is 2.63. The molecule has 19 heavy (non-hydrogen) atoms. The fourth-order valence-corrected chi connectivity index (χ4v) is 3.08. The van der Waals surface area contributed by atoms with E-state index in [9.17, 15) is 4.79 Å². The van der Waals surface area contributed by atoms with E-state index >= 15 is 0 Å². The van der Waals surface area contributed by atoms with Gasteiger partial charge in [-0.3, -0.25) is 4.79 Å². The van der Waals surface area contributed by atoms with Gasteiger partial charge in [0.25, 0.3) is 0 Å². The van der Waals surface area contributed by atoms with Crippen LogP contribution in [0.2, 0.25) is 0 Å². The van der Waals surface area contributed by atoms with Crippen LogP contribution in [0.5, 0.6) is 0 Å². The number of benzene rings is 1. The molecular weight excluding hydrogens is 375 g/mol. The summed E-state index contributed by atoms with van der Waals surface area (Å²) >= 11 is 3.53. The van der Waals surface area contributed by atoms with Gasteiger partial charge in [0.15, 0.2) is 5.16 Å². The Kier molecular flexibility index (Phi) is 4.72. The fraction of sp³-hybridized carbons (Fsp3) is 0.385. The molecule has 0 fully saturated rings. The SMILES string of the molecule is CC(C)Cn1c(SCC(=O)O)nc2cc(I)ccc21. The molecule has 0 aliphatic rings. The molecule has 0 unspecified atom stereocenters. The molecule has 0 saturated carbocycles. The number of hydrogen-bond donors (Lipinski definition) is 1. The number of aliphatic carboxylic acids is 1. The number of aromatic nitrogens is 2. The summed E-state index contributed by atoms with van der Waals surface area (Å²) in [6.07, 6.45) is 0. The van der Waals surface area contributed by atoms with Gasteiger partial charge in [0.1, 0.15) is 0 Å². The van der Waals surface area contributed by atoms with Crippen molar-refractivity contribution in [2.24, 2.45) is 5.92 Å². The molecule has 0 spiro atoms. The lowest BCUT2D eigenvalue weighted by Crippen LogP contribution is -2.07. The monoisotopic (exact) mass is 390 g/mol. The van der Waals surface area contributed by atoms with E-state index in [1.54, 1.807) is 0 Å². The molecule has 1 aromatic heterocycles. The Labute approximate surface area is 129 Å². The number of nitrogens with zero attached hydrogens (tertiary/aromatic N) is 2. The number of thioether (sulfide) groups is 1. The molecular formula is C13H15IN2O2S. The van der Waals surface area contributed by atoms with E-state index in [0.717, 1.165) is 26.3 Å². The van der Waals surface area contributed by atoms with Gasteiger partial charge in [0.2, 0.25) is 0 Å². The molecule has 0 bridgehead atoms. The maximum absolute atomic E-state index is 10.7. The van der Waals surface area contributed by atoms with Gasteiger partial charge in [-0.05, 0) is 46.7 Å². The summed E-state index contributed by atoms with van der Waals surface area (Å²) in [6, 6.07) is 6.13. The molecule has 0 radical (unpaired) electrons. The highest BCUT2D eigenvalue weighted by atomic mass is 127. The first-order chi connectivity index (χ1) is 8.97. The van der Waals surface area contributed by atoms with E-state index in [4.69, 9.17) is 5.11 Å². The molecule has 2 aromatic rings. The largest absolute Gasteiger partial charge is 0.481 e. The summed E-state index contributed by atoms with van der Waals surface area (Å²) in [5, 5.41) is 9.59. The number of imidazole rings is 1. The minimum Gasteiger partial charge on any atom is -0.481 e. The molecule has 0 amide bonds. The van der Waals surface area contributed by atoms with Crippen molar-refractivity contribution in [2.45, 2.75) is 25.5 Å². The standard InChI is InChI=1S/C13H15IN2O2S/c1-8(2)6-16-11-4-3-9(14)5-10(11)15-13(16)19-7-12(17)18/h3-5,8H,6-7H2,1-2H3,(H,17,18). The maximum Gasteiger partial charge on any atom is 0.313 e. The number of carboxylic acids is 1. The second-order valence-corrected chi connectivity index (χ2v) is 6.90. The van der Waals surface area contributed by atoms with Crippen LogP contribution < -0.4 is 0 Å². The molecule has 4 nitrogen and oxygen atoms in total. The Balaban J connectivity index is 2.44. The van der Waals surface area contributed by atoms with Gasteiger partial charge in [-0.25, -0.2) is 4.98 Å². The van der Waals surface area contributed by atoms with Crippen LogP contribution in [0.1, 0.15) is 13.8 Å². The number of carboxylic acid groups (broad SMARTS) is 1. The third kappa shape index (κ3) is 3.62. The Hall–Kier alpha value is -0.760. The van der Waals surface area contributed by atoms with E-state index in [-0.39, 0.29) is 5.75 Å². The average molecular weight is 390 g/mol. The second-order valence-electron chi connectivity index (χ2n) is 4.71. The van der Waals surface area contributed by atoms with E-state index < -0.39 is 5.97 Å². The highest BCUT2D eigenvalue weighted by molar-refractivity contribution is 14.1. The van der Waals surface area contributed by atoms with Crippen LogP contribution in [0.4, 0.5) is 0 Å². The van der Waals surface area contributed by atoms with Crippen molar-refractivity contribution in [2.75, 3.05) is 5.75 Å². The van der Waals surface area contributed by atoms with Crippen LogP contribution in [0.15, 0.2) is 23.4 Å². The van der Waals surface area contributed by atoms with Gasteiger partial charge in [-0.15, -0.1) is 0 Å². The molecule has 1 N–H and O–H groups in total. The summed E-state index contributed by atoms with van der Waals surface area (Å²) in [5.41, 5.74) is 2.00. The predicted octanol–water partition coefficient (Wildman–Crippen LogP) is 3.47. The van der Waals surface area contributed by atoms with Crippen LogP contribution >= 0.6 is 34.4 Å². The minimum absolute atomic E-state index is 0.0402. The van der Waals surface area contributed by atoms with Crippen molar-refractivity contribution >= 4 is 51.4 Å². The van der Waals surface area contributed by atoms with E-state index in [2.05, 4.69) is 52.1 Å². The minimum atomic E-state index is -0.817.